The Morgan fingerprint density at radius 2 is 1.85 bits per heavy atom. The molecule has 2 fully saturated rings. The number of aryl methyl sites for hydroxylation is 1. The number of hydrogen-bond donors (Lipinski definition) is 0. The molecule has 1 aromatic heterocycles. The number of rotatable bonds is 3. The molecule has 1 saturated carbocycles. The standard InChI is InChI=1S/C21H27N3OS/c1-23-20(16-9-11-17(26-2)12-10-16)18(14-22-23)21(25)24-13-5-7-15-6-3-4-8-19(15)24/h9-12,14-15,19H,3-8,13H2,1-2H3. The van der Waals surface area contributed by atoms with Crippen LogP contribution in [0.3, 0.4) is 0 Å². The molecule has 4 rings (SSSR count). The lowest BCUT2D eigenvalue weighted by Gasteiger charge is -2.44. The Labute approximate surface area is 160 Å². The van der Waals surface area contributed by atoms with Crippen LogP contribution in [0.1, 0.15) is 48.9 Å². The van der Waals surface area contributed by atoms with Crippen molar-refractivity contribution in [1.29, 1.82) is 0 Å². The first-order chi connectivity index (χ1) is 12.7. The van der Waals surface area contributed by atoms with Gasteiger partial charge in [0.1, 0.15) is 0 Å². The summed E-state index contributed by atoms with van der Waals surface area (Å²) in [7, 11) is 1.92. The van der Waals surface area contributed by atoms with Gasteiger partial charge in [0, 0.05) is 30.1 Å². The van der Waals surface area contributed by atoms with Crippen molar-refractivity contribution in [1.82, 2.24) is 14.7 Å². The third-order valence-corrected chi connectivity index (χ3v) is 6.78. The van der Waals surface area contributed by atoms with Crippen LogP contribution < -0.4 is 0 Å². The molecule has 1 aromatic carbocycles. The van der Waals surface area contributed by atoms with Crippen molar-refractivity contribution in [3.8, 4) is 11.3 Å². The van der Waals surface area contributed by atoms with Crippen LogP contribution in [0.2, 0.25) is 0 Å². The number of carbonyl (C=O) groups is 1. The SMILES string of the molecule is CSc1ccc(-c2c(C(=O)N3CCCC4CCCCC43)cnn2C)cc1. The fourth-order valence-corrected chi connectivity index (χ4v) is 5.13. The number of piperidine rings is 1. The van der Waals surface area contributed by atoms with Gasteiger partial charge in [-0.2, -0.15) is 5.10 Å². The fraction of sp³-hybridized carbons (Fsp3) is 0.524. The molecular formula is C21H27N3OS. The van der Waals surface area contributed by atoms with Crippen LogP contribution in [-0.2, 0) is 7.05 Å². The molecule has 0 radical (unpaired) electrons. The quantitative estimate of drug-likeness (QED) is 0.742. The number of amides is 1. The second-order valence-corrected chi connectivity index (χ2v) is 8.39. The smallest absolute Gasteiger partial charge is 0.257 e. The maximum absolute atomic E-state index is 13.5. The van der Waals surface area contributed by atoms with Gasteiger partial charge in [0.15, 0.2) is 0 Å². The normalized spacial score (nSPS) is 22.9. The second-order valence-electron chi connectivity index (χ2n) is 7.51. The highest BCUT2D eigenvalue weighted by Crippen LogP contribution is 2.37. The molecule has 1 amide bonds. The molecule has 1 saturated heterocycles. The van der Waals surface area contributed by atoms with Gasteiger partial charge in [0.2, 0.25) is 0 Å². The summed E-state index contributed by atoms with van der Waals surface area (Å²) in [4.78, 5) is 16.8. The summed E-state index contributed by atoms with van der Waals surface area (Å²) in [6.07, 6.45) is 11.3. The number of fused-ring (bicyclic) bond motifs is 1. The first-order valence-corrected chi connectivity index (χ1v) is 10.9. The topological polar surface area (TPSA) is 38.1 Å². The minimum atomic E-state index is 0.165. The maximum atomic E-state index is 13.5. The van der Waals surface area contributed by atoms with Crippen molar-refractivity contribution in [3.05, 3.63) is 36.0 Å². The lowest BCUT2D eigenvalue weighted by molar-refractivity contribution is 0.0391. The third kappa shape index (κ3) is 3.18. The van der Waals surface area contributed by atoms with Crippen molar-refractivity contribution in [2.45, 2.75) is 49.5 Å². The van der Waals surface area contributed by atoms with Crippen LogP contribution in [0.15, 0.2) is 35.4 Å². The average molecular weight is 370 g/mol. The van der Waals surface area contributed by atoms with Gasteiger partial charge in [0.05, 0.1) is 17.5 Å². The van der Waals surface area contributed by atoms with Gasteiger partial charge in [-0.1, -0.05) is 25.0 Å². The van der Waals surface area contributed by atoms with Crippen LogP contribution in [0.5, 0.6) is 0 Å². The molecule has 1 aliphatic carbocycles. The van der Waals surface area contributed by atoms with Gasteiger partial charge in [-0.05, 0) is 50.0 Å². The summed E-state index contributed by atoms with van der Waals surface area (Å²) in [5.41, 5.74) is 2.74. The first kappa shape index (κ1) is 17.7. The molecule has 0 spiro atoms. The summed E-state index contributed by atoms with van der Waals surface area (Å²) < 4.78 is 1.84. The zero-order chi connectivity index (χ0) is 18.1. The number of likely N-dealkylation sites (tertiary alicyclic amines) is 1. The molecule has 5 heteroatoms. The third-order valence-electron chi connectivity index (χ3n) is 6.04. The van der Waals surface area contributed by atoms with Crippen LogP contribution in [-0.4, -0.2) is 39.4 Å². The summed E-state index contributed by atoms with van der Waals surface area (Å²) >= 11 is 1.73. The molecule has 26 heavy (non-hydrogen) atoms. The minimum Gasteiger partial charge on any atom is -0.335 e. The molecular weight excluding hydrogens is 342 g/mol. The van der Waals surface area contributed by atoms with Gasteiger partial charge in [0.25, 0.3) is 5.91 Å². The molecule has 138 valence electrons. The molecule has 4 nitrogen and oxygen atoms in total. The highest BCUT2D eigenvalue weighted by Gasteiger charge is 2.37. The Morgan fingerprint density at radius 1 is 1.12 bits per heavy atom. The van der Waals surface area contributed by atoms with Crippen LogP contribution in [0.4, 0.5) is 0 Å². The first-order valence-electron chi connectivity index (χ1n) is 9.66. The molecule has 2 heterocycles. The molecule has 0 bridgehead atoms. The zero-order valence-electron chi connectivity index (χ0n) is 15.6. The lowest BCUT2D eigenvalue weighted by atomic mass is 9.78. The van der Waals surface area contributed by atoms with Gasteiger partial charge in [-0.25, -0.2) is 0 Å². The van der Waals surface area contributed by atoms with E-state index in [1.807, 2.05) is 11.7 Å². The van der Waals surface area contributed by atoms with E-state index >= 15 is 0 Å². The van der Waals surface area contributed by atoms with Crippen molar-refractivity contribution >= 4 is 17.7 Å². The Balaban J connectivity index is 1.66. The van der Waals surface area contributed by atoms with E-state index in [1.54, 1.807) is 18.0 Å². The van der Waals surface area contributed by atoms with Gasteiger partial charge in [-0.15, -0.1) is 11.8 Å². The van der Waals surface area contributed by atoms with Crippen molar-refractivity contribution in [2.24, 2.45) is 13.0 Å². The number of aromatic nitrogens is 2. The van der Waals surface area contributed by atoms with Crippen LogP contribution in [0.25, 0.3) is 11.3 Å². The molecule has 2 atom stereocenters. The minimum absolute atomic E-state index is 0.165. The largest absolute Gasteiger partial charge is 0.335 e. The lowest BCUT2D eigenvalue weighted by Crippen LogP contribution is -2.49. The van der Waals surface area contributed by atoms with E-state index in [1.165, 1.54) is 30.6 Å². The highest BCUT2D eigenvalue weighted by molar-refractivity contribution is 7.98. The van der Waals surface area contributed by atoms with E-state index in [2.05, 4.69) is 40.5 Å². The Bertz CT molecular complexity index is 781. The maximum Gasteiger partial charge on any atom is 0.257 e. The van der Waals surface area contributed by atoms with Crippen LogP contribution in [0, 0.1) is 5.92 Å². The Hall–Kier alpha value is -1.75. The molecule has 2 unspecified atom stereocenters. The van der Waals surface area contributed by atoms with Gasteiger partial charge >= 0.3 is 0 Å². The predicted molar refractivity (Wildman–Crippen MR) is 106 cm³/mol. The van der Waals surface area contributed by atoms with Crippen LogP contribution >= 0.6 is 11.8 Å². The van der Waals surface area contributed by atoms with E-state index in [-0.39, 0.29) is 5.91 Å². The monoisotopic (exact) mass is 369 g/mol. The molecule has 2 aliphatic rings. The molecule has 2 aromatic rings. The van der Waals surface area contributed by atoms with Crippen molar-refractivity contribution in [2.75, 3.05) is 12.8 Å². The summed E-state index contributed by atoms with van der Waals surface area (Å²) in [6, 6.07) is 8.84. The average Bonchev–Trinajstić information content (AvgIpc) is 3.08. The van der Waals surface area contributed by atoms with E-state index in [9.17, 15) is 4.79 Å². The predicted octanol–water partition coefficient (Wildman–Crippen LogP) is 4.60. The van der Waals surface area contributed by atoms with Crippen molar-refractivity contribution in [3.63, 3.8) is 0 Å². The second kappa shape index (κ2) is 7.47. The van der Waals surface area contributed by atoms with E-state index in [0.717, 1.165) is 36.2 Å². The highest BCUT2D eigenvalue weighted by atomic mass is 32.2. The Kier molecular flexibility index (Phi) is 5.07. The number of benzene rings is 1. The zero-order valence-corrected chi connectivity index (χ0v) is 16.5. The summed E-state index contributed by atoms with van der Waals surface area (Å²) in [6.45, 7) is 0.889. The summed E-state index contributed by atoms with van der Waals surface area (Å²) in [5, 5.41) is 4.42. The van der Waals surface area contributed by atoms with E-state index in [4.69, 9.17) is 0 Å². The molecule has 1 aliphatic heterocycles. The summed E-state index contributed by atoms with van der Waals surface area (Å²) in [5.74, 6) is 0.862. The van der Waals surface area contributed by atoms with Gasteiger partial charge in [-0.3, -0.25) is 9.48 Å². The number of nitrogens with zero attached hydrogens (tertiary/aromatic N) is 3. The number of thioether (sulfide) groups is 1. The Morgan fingerprint density at radius 3 is 2.62 bits per heavy atom. The van der Waals surface area contributed by atoms with E-state index in [0.29, 0.717) is 12.0 Å². The van der Waals surface area contributed by atoms with Gasteiger partial charge < -0.3 is 4.90 Å². The molecule has 0 N–H and O–H groups in total. The van der Waals surface area contributed by atoms with Crippen molar-refractivity contribution < 1.29 is 4.79 Å². The van der Waals surface area contributed by atoms with E-state index < -0.39 is 0 Å². The number of hydrogen-bond acceptors (Lipinski definition) is 3. The fourth-order valence-electron chi connectivity index (χ4n) is 4.72. The number of carbonyl (C=O) groups excluding carboxylic acids is 1.